The van der Waals surface area contributed by atoms with Gasteiger partial charge in [-0.1, -0.05) is 43.7 Å². The molecule has 1 aromatic rings. The summed E-state index contributed by atoms with van der Waals surface area (Å²) >= 11 is 0. The van der Waals surface area contributed by atoms with Crippen LogP contribution in [0, 0.1) is 18.8 Å². The van der Waals surface area contributed by atoms with E-state index in [-0.39, 0.29) is 11.8 Å². The Morgan fingerprint density at radius 2 is 1.77 bits per heavy atom. The van der Waals surface area contributed by atoms with Crippen molar-refractivity contribution < 1.29 is 13.2 Å². The molecule has 1 amide bonds. The van der Waals surface area contributed by atoms with Gasteiger partial charge in [-0.15, -0.1) is 4.40 Å². The highest BCUT2D eigenvalue weighted by Crippen LogP contribution is 2.36. The van der Waals surface area contributed by atoms with E-state index in [0.29, 0.717) is 41.7 Å². The molecule has 2 saturated heterocycles. The number of hydrogen-bond donors (Lipinski definition) is 0. The van der Waals surface area contributed by atoms with E-state index < -0.39 is 10.0 Å². The Bertz CT molecular complexity index is 1000. The first-order valence-corrected chi connectivity index (χ1v) is 12.9. The minimum Gasteiger partial charge on any atom is -0.356 e. The van der Waals surface area contributed by atoms with E-state index in [9.17, 15) is 13.2 Å². The largest absolute Gasteiger partial charge is 0.356 e. The third-order valence-electron chi connectivity index (χ3n) is 6.79. The summed E-state index contributed by atoms with van der Waals surface area (Å²) in [6.45, 7) is 9.25. The SMILES string of the molecule is CCC1=C(c2ccc(C)cc2)S(=O)(=O)N=C1N1CCC(C(=O)N2CCC[C@@H](C)C2)CC1. The Balaban J connectivity index is 1.50. The highest BCUT2D eigenvalue weighted by molar-refractivity contribution is 8.00. The number of aryl methyl sites for hydroxylation is 1. The van der Waals surface area contributed by atoms with Gasteiger partial charge in [-0.05, 0) is 50.5 Å². The van der Waals surface area contributed by atoms with Gasteiger partial charge in [0.05, 0.1) is 0 Å². The number of rotatable bonds is 3. The van der Waals surface area contributed by atoms with Crippen molar-refractivity contribution in [1.82, 2.24) is 9.80 Å². The number of amides is 1. The number of likely N-dealkylation sites (tertiary alicyclic amines) is 2. The van der Waals surface area contributed by atoms with Crippen LogP contribution in [0.4, 0.5) is 0 Å². The van der Waals surface area contributed by atoms with Crippen LogP contribution in [0.1, 0.15) is 57.1 Å². The topological polar surface area (TPSA) is 70.0 Å². The number of amidine groups is 1. The molecule has 7 heteroatoms. The molecule has 0 N–H and O–H groups in total. The van der Waals surface area contributed by atoms with E-state index in [0.717, 1.165) is 43.5 Å². The van der Waals surface area contributed by atoms with Crippen LogP contribution in [0.25, 0.3) is 4.91 Å². The molecule has 3 aliphatic rings. The van der Waals surface area contributed by atoms with Crippen LogP contribution >= 0.6 is 0 Å². The minimum absolute atomic E-state index is 0.0331. The first-order chi connectivity index (χ1) is 14.8. The number of benzene rings is 1. The normalized spacial score (nSPS) is 24.5. The Labute approximate surface area is 186 Å². The first kappa shape index (κ1) is 22.1. The maximum absolute atomic E-state index is 13.0. The molecule has 1 atom stereocenters. The van der Waals surface area contributed by atoms with Gasteiger partial charge in [-0.25, -0.2) is 0 Å². The first-order valence-electron chi connectivity index (χ1n) is 11.5. The summed E-state index contributed by atoms with van der Waals surface area (Å²) in [5.41, 5.74) is 2.58. The summed E-state index contributed by atoms with van der Waals surface area (Å²) in [6.07, 6.45) is 4.39. The average Bonchev–Trinajstić information content (AvgIpc) is 3.04. The van der Waals surface area contributed by atoms with E-state index in [1.54, 1.807) is 0 Å². The van der Waals surface area contributed by atoms with E-state index >= 15 is 0 Å². The van der Waals surface area contributed by atoms with E-state index in [1.807, 2.05) is 43.0 Å². The minimum atomic E-state index is -3.72. The summed E-state index contributed by atoms with van der Waals surface area (Å²) in [5.74, 6) is 1.47. The van der Waals surface area contributed by atoms with Crippen molar-refractivity contribution in [2.24, 2.45) is 16.2 Å². The zero-order valence-electron chi connectivity index (χ0n) is 18.8. The lowest BCUT2D eigenvalue weighted by molar-refractivity contribution is -0.138. The molecule has 6 nitrogen and oxygen atoms in total. The molecular weight excluding hydrogens is 410 g/mol. The lowest BCUT2D eigenvalue weighted by Crippen LogP contribution is -2.47. The van der Waals surface area contributed by atoms with Crippen LogP contribution < -0.4 is 0 Å². The molecule has 3 heterocycles. The van der Waals surface area contributed by atoms with Gasteiger partial charge in [0.25, 0.3) is 10.0 Å². The molecule has 1 aromatic carbocycles. The molecule has 0 spiro atoms. The number of carbonyl (C=O) groups excluding carboxylic acids is 1. The number of piperidine rings is 2. The van der Waals surface area contributed by atoms with Gasteiger partial charge in [0.1, 0.15) is 10.7 Å². The molecular formula is C24H33N3O3S. The zero-order chi connectivity index (χ0) is 22.2. The monoisotopic (exact) mass is 443 g/mol. The maximum atomic E-state index is 13.0. The quantitative estimate of drug-likeness (QED) is 0.712. The lowest BCUT2D eigenvalue weighted by atomic mass is 9.92. The molecule has 0 unspecified atom stereocenters. The maximum Gasteiger partial charge on any atom is 0.285 e. The average molecular weight is 444 g/mol. The second-order valence-corrected chi connectivity index (χ2v) is 10.8. The van der Waals surface area contributed by atoms with Gasteiger partial charge in [-0.2, -0.15) is 8.42 Å². The van der Waals surface area contributed by atoms with Crippen molar-refractivity contribution in [3.05, 3.63) is 41.0 Å². The molecule has 0 saturated carbocycles. The molecule has 0 aliphatic carbocycles. The van der Waals surface area contributed by atoms with Crippen LogP contribution in [-0.2, 0) is 14.8 Å². The van der Waals surface area contributed by atoms with E-state index in [1.165, 1.54) is 6.42 Å². The summed E-state index contributed by atoms with van der Waals surface area (Å²) in [7, 11) is -3.72. The fourth-order valence-electron chi connectivity index (χ4n) is 5.05. The van der Waals surface area contributed by atoms with Gasteiger partial charge in [0.2, 0.25) is 5.91 Å². The van der Waals surface area contributed by atoms with Crippen LogP contribution in [0.15, 0.2) is 34.2 Å². The van der Waals surface area contributed by atoms with Gasteiger partial charge >= 0.3 is 0 Å². The smallest absolute Gasteiger partial charge is 0.285 e. The van der Waals surface area contributed by atoms with Crippen LogP contribution in [0.5, 0.6) is 0 Å². The standard InChI is InChI=1S/C24H33N3O3S/c1-4-21-22(19-9-7-17(2)8-10-19)31(29,30)25-23(21)26-14-11-20(12-15-26)24(28)27-13-5-6-18(3)16-27/h7-10,18,20H,4-6,11-16H2,1-3H3/t18-/m1/s1. The van der Waals surface area contributed by atoms with Crippen molar-refractivity contribution in [3.8, 4) is 0 Å². The summed E-state index contributed by atoms with van der Waals surface area (Å²) < 4.78 is 30.1. The Hall–Kier alpha value is -2.15. The predicted molar refractivity (Wildman–Crippen MR) is 124 cm³/mol. The summed E-state index contributed by atoms with van der Waals surface area (Å²) in [5, 5.41) is 0. The number of carbonyl (C=O) groups is 1. The lowest BCUT2D eigenvalue weighted by Gasteiger charge is -2.37. The zero-order valence-corrected chi connectivity index (χ0v) is 19.6. The third-order valence-corrected chi connectivity index (χ3v) is 8.20. The second kappa shape index (κ2) is 8.77. The molecule has 2 fully saturated rings. The van der Waals surface area contributed by atoms with Crippen molar-refractivity contribution in [2.75, 3.05) is 26.2 Å². The highest BCUT2D eigenvalue weighted by atomic mass is 32.2. The Morgan fingerprint density at radius 3 is 2.39 bits per heavy atom. The number of sulfonamides is 1. The molecule has 0 aromatic heterocycles. The number of nitrogens with zero attached hydrogens (tertiary/aromatic N) is 3. The van der Waals surface area contributed by atoms with Gasteiger partial charge < -0.3 is 9.80 Å². The van der Waals surface area contributed by atoms with Crippen LogP contribution in [0.2, 0.25) is 0 Å². The van der Waals surface area contributed by atoms with Gasteiger partial charge in [0, 0.05) is 37.7 Å². The van der Waals surface area contributed by atoms with Crippen LogP contribution in [-0.4, -0.2) is 56.1 Å². The van der Waals surface area contributed by atoms with E-state index in [2.05, 4.69) is 16.2 Å². The fraction of sp³-hybridized carbons (Fsp3) is 0.583. The number of hydrogen-bond acceptors (Lipinski definition) is 4. The van der Waals surface area contributed by atoms with Gasteiger partial charge in [0.15, 0.2) is 0 Å². The predicted octanol–water partition coefficient (Wildman–Crippen LogP) is 3.83. The molecule has 31 heavy (non-hydrogen) atoms. The van der Waals surface area contributed by atoms with Crippen molar-refractivity contribution in [3.63, 3.8) is 0 Å². The fourth-order valence-corrected chi connectivity index (χ4v) is 6.58. The van der Waals surface area contributed by atoms with Crippen molar-refractivity contribution in [2.45, 2.75) is 52.9 Å². The third kappa shape index (κ3) is 4.43. The summed E-state index contributed by atoms with van der Waals surface area (Å²) in [6, 6.07) is 7.59. The Morgan fingerprint density at radius 1 is 1.10 bits per heavy atom. The van der Waals surface area contributed by atoms with E-state index in [4.69, 9.17) is 0 Å². The van der Waals surface area contributed by atoms with Gasteiger partial charge in [-0.3, -0.25) is 4.79 Å². The Kier molecular flexibility index (Phi) is 6.24. The van der Waals surface area contributed by atoms with Crippen molar-refractivity contribution >= 4 is 26.7 Å². The molecule has 168 valence electrons. The molecule has 0 bridgehead atoms. The molecule has 0 radical (unpaired) electrons. The summed E-state index contributed by atoms with van der Waals surface area (Å²) in [4.78, 5) is 17.4. The van der Waals surface area contributed by atoms with Crippen LogP contribution in [0.3, 0.4) is 0 Å². The molecule has 4 rings (SSSR count). The highest BCUT2D eigenvalue weighted by Gasteiger charge is 2.37. The van der Waals surface area contributed by atoms with Crippen molar-refractivity contribution in [1.29, 1.82) is 0 Å². The molecule has 3 aliphatic heterocycles. The second-order valence-electron chi connectivity index (χ2n) is 9.21.